The van der Waals surface area contributed by atoms with Crippen LogP contribution in [0.1, 0.15) is 42.3 Å². The summed E-state index contributed by atoms with van der Waals surface area (Å²) in [5.74, 6) is 0.718. The van der Waals surface area contributed by atoms with Crippen LogP contribution in [0.15, 0.2) is 29.6 Å². The second-order valence-electron chi connectivity index (χ2n) is 6.41. The standard InChI is InChI=1S/C20H26N2O3S/c1-3-16-15-8-10-26-19(15)7-9-22(16)12-14-5-6-17(25-13-20(21)23)18(11-14)24-4-2/h5-6,8,10-11,16H,3-4,7,9,12-13H2,1-2H3,(H2,21,23)/t16-/m1/s1. The van der Waals surface area contributed by atoms with E-state index in [9.17, 15) is 4.79 Å². The van der Waals surface area contributed by atoms with Crippen LogP contribution < -0.4 is 15.2 Å². The molecule has 3 rings (SSSR count). The normalized spacial score (nSPS) is 16.9. The van der Waals surface area contributed by atoms with Crippen LogP contribution in [0.4, 0.5) is 0 Å². The monoisotopic (exact) mass is 374 g/mol. The second kappa shape index (κ2) is 8.56. The summed E-state index contributed by atoms with van der Waals surface area (Å²) < 4.78 is 11.2. The smallest absolute Gasteiger partial charge is 0.255 e. The van der Waals surface area contributed by atoms with Crippen molar-refractivity contribution in [3.05, 3.63) is 45.6 Å². The van der Waals surface area contributed by atoms with Gasteiger partial charge in [-0.1, -0.05) is 13.0 Å². The van der Waals surface area contributed by atoms with E-state index in [1.807, 2.05) is 36.5 Å². The van der Waals surface area contributed by atoms with Crippen LogP contribution >= 0.6 is 11.3 Å². The highest BCUT2D eigenvalue weighted by molar-refractivity contribution is 7.10. The number of ether oxygens (including phenoxy) is 2. The fourth-order valence-corrected chi connectivity index (χ4v) is 4.47. The first-order chi connectivity index (χ1) is 12.6. The summed E-state index contributed by atoms with van der Waals surface area (Å²) in [6.45, 7) is 6.50. The Morgan fingerprint density at radius 3 is 2.85 bits per heavy atom. The molecule has 1 aliphatic rings. The Hall–Kier alpha value is -2.05. The van der Waals surface area contributed by atoms with E-state index in [2.05, 4.69) is 23.3 Å². The largest absolute Gasteiger partial charge is 0.490 e. The highest BCUT2D eigenvalue weighted by Crippen LogP contribution is 2.37. The maximum Gasteiger partial charge on any atom is 0.255 e. The third-order valence-electron chi connectivity index (χ3n) is 4.66. The number of carbonyl (C=O) groups is 1. The van der Waals surface area contributed by atoms with Gasteiger partial charge in [0, 0.05) is 24.0 Å². The molecule has 26 heavy (non-hydrogen) atoms. The Morgan fingerprint density at radius 2 is 2.12 bits per heavy atom. The number of primary amides is 1. The minimum absolute atomic E-state index is 0.148. The molecule has 0 saturated carbocycles. The number of nitrogens with zero attached hydrogens (tertiary/aromatic N) is 1. The predicted octanol–water partition coefficient (Wildman–Crippen LogP) is 3.52. The highest BCUT2D eigenvalue weighted by atomic mass is 32.1. The van der Waals surface area contributed by atoms with E-state index in [0.29, 0.717) is 24.1 Å². The maximum atomic E-state index is 11.0. The van der Waals surface area contributed by atoms with Gasteiger partial charge in [-0.3, -0.25) is 9.69 Å². The molecule has 0 fully saturated rings. The molecule has 0 aliphatic carbocycles. The molecule has 1 aromatic carbocycles. The van der Waals surface area contributed by atoms with Gasteiger partial charge in [0.1, 0.15) is 0 Å². The lowest BCUT2D eigenvalue weighted by Crippen LogP contribution is -2.33. The third-order valence-corrected chi connectivity index (χ3v) is 5.65. The fourth-order valence-electron chi connectivity index (χ4n) is 3.54. The van der Waals surface area contributed by atoms with Crippen molar-refractivity contribution in [1.82, 2.24) is 4.90 Å². The second-order valence-corrected chi connectivity index (χ2v) is 7.41. The van der Waals surface area contributed by atoms with Crippen molar-refractivity contribution >= 4 is 17.2 Å². The number of hydrogen-bond donors (Lipinski definition) is 1. The summed E-state index contributed by atoms with van der Waals surface area (Å²) in [5, 5.41) is 2.20. The summed E-state index contributed by atoms with van der Waals surface area (Å²) in [6, 6.07) is 8.65. The van der Waals surface area contributed by atoms with Crippen LogP contribution in [-0.4, -0.2) is 30.6 Å². The highest BCUT2D eigenvalue weighted by Gasteiger charge is 2.27. The van der Waals surface area contributed by atoms with Crippen molar-refractivity contribution in [2.24, 2.45) is 5.73 Å². The molecule has 0 spiro atoms. The van der Waals surface area contributed by atoms with Gasteiger partial charge in [-0.15, -0.1) is 11.3 Å². The van der Waals surface area contributed by atoms with Gasteiger partial charge in [-0.25, -0.2) is 0 Å². The van der Waals surface area contributed by atoms with Crippen molar-refractivity contribution < 1.29 is 14.3 Å². The first-order valence-electron chi connectivity index (χ1n) is 9.09. The quantitative estimate of drug-likeness (QED) is 0.768. The molecular formula is C20H26N2O3S. The number of fused-ring (bicyclic) bond motifs is 1. The lowest BCUT2D eigenvalue weighted by Gasteiger charge is -2.35. The van der Waals surface area contributed by atoms with E-state index in [0.717, 1.165) is 25.9 Å². The Morgan fingerprint density at radius 1 is 1.27 bits per heavy atom. The average molecular weight is 375 g/mol. The number of thiophene rings is 1. The van der Waals surface area contributed by atoms with Crippen molar-refractivity contribution in [1.29, 1.82) is 0 Å². The molecule has 0 saturated heterocycles. The van der Waals surface area contributed by atoms with E-state index >= 15 is 0 Å². The van der Waals surface area contributed by atoms with Gasteiger partial charge in [-0.2, -0.15) is 0 Å². The van der Waals surface area contributed by atoms with Crippen LogP contribution in [-0.2, 0) is 17.8 Å². The van der Waals surface area contributed by atoms with Crippen molar-refractivity contribution in [3.8, 4) is 11.5 Å². The number of amides is 1. The van der Waals surface area contributed by atoms with Crippen molar-refractivity contribution in [3.63, 3.8) is 0 Å². The molecule has 2 heterocycles. The number of hydrogen-bond acceptors (Lipinski definition) is 5. The van der Waals surface area contributed by atoms with Gasteiger partial charge in [0.15, 0.2) is 18.1 Å². The maximum absolute atomic E-state index is 11.0. The number of nitrogens with two attached hydrogens (primary N) is 1. The summed E-state index contributed by atoms with van der Waals surface area (Å²) in [4.78, 5) is 15.0. The van der Waals surface area contributed by atoms with Gasteiger partial charge in [-0.05, 0) is 54.5 Å². The molecular weight excluding hydrogens is 348 g/mol. The minimum Gasteiger partial charge on any atom is -0.490 e. The lowest BCUT2D eigenvalue weighted by atomic mass is 9.97. The molecule has 2 aromatic rings. The Bertz CT molecular complexity index is 759. The van der Waals surface area contributed by atoms with Gasteiger partial charge in [0.05, 0.1) is 6.61 Å². The zero-order valence-corrected chi connectivity index (χ0v) is 16.2. The van der Waals surface area contributed by atoms with Gasteiger partial charge in [0.2, 0.25) is 0 Å². The van der Waals surface area contributed by atoms with E-state index in [-0.39, 0.29) is 6.61 Å². The zero-order valence-electron chi connectivity index (χ0n) is 15.4. The van der Waals surface area contributed by atoms with Crippen LogP contribution in [0.3, 0.4) is 0 Å². The summed E-state index contributed by atoms with van der Waals surface area (Å²) >= 11 is 1.87. The van der Waals surface area contributed by atoms with E-state index in [1.165, 1.54) is 16.0 Å². The number of benzene rings is 1. The van der Waals surface area contributed by atoms with Crippen LogP contribution in [0, 0.1) is 0 Å². The molecule has 0 radical (unpaired) electrons. The molecule has 2 N–H and O–H groups in total. The van der Waals surface area contributed by atoms with Gasteiger partial charge in [0.25, 0.3) is 5.91 Å². The van der Waals surface area contributed by atoms with Crippen LogP contribution in [0.25, 0.3) is 0 Å². The lowest BCUT2D eigenvalue weighted by molar-refractivity contribution is -0.119. The summed E-state index contributed by atoms with van der Waals surface area (Å²) in [7, 11) is 0. The molecule has 140 valence electrons. The minimum atomic E-state index is -0.498. The number of carbonyl (C=O) groups excluding carboxylic acids is 1. The first-order valence-corrected chi connectivity index (χ1v) is 9.97. The van der Waals surface area contributed by atoms with Crippen molar-refractivity contribution in [2.75, 3.05) is 19.8 Å². The summed E-state index contributed by atoms with van der Waals surface area (Å²) in [6.07, 6.45) is 2.21. The Kier molecular flexibility index (Phi) is 6.16. The predicted molar refractivity (Wildman–Crippen MR) is 104 cm³/mol. The average Bonchev–Trinajstić information content (AvgIpc) is 3.10. The first kappa shape index (κ1) is 18.7. The third kappa shape index (κ3) is 4.19. The van der Waals surface area contributed by atoms with Gasteiger partial charge >= 0.3 is 0 Å². The fraction of sp³-hybridized carbons (Fsp3) is 0.450. The molecule has 0 unspecified atom stereocenters. The number of rotatable bonds is 8. The van der Waals surface area contributed by atoms with E-state index < -0.39 is 5.91 Å². The molecule has 1 atom stereocenters. The van der Waals surface area contributed by atoms with Crippen LogP contribution in [0.5, 0.6) is 11.5 Å². The molecule has 6 heteroatoms. The molecule has 1 amide bonds. The Labute approximate surface area is 158 Å². The zero-order chi connectivity index (χ0) is 18.5. The topological polar surface area (TPSA) is 64.8 Å². The molecule has 0 bridgehead atoms. The molecule has 1 aliphatic heterocycles. The van der Waals surface area contributed by atoms with Crippen LogP contribution in [0.2, 0.25) is 0 Å². The van der Waals surface area contributed by atoms with E-state index in [4.69, 9.17) is 15.2 Å². The van der Waals surface area contributed by atoms with Crippen molar-refractivity contribution in [2.45, 2.75) is 39.3 Å². The molecule has 5 nitrogen and oxygen atoms in total. The SMILES string of the molecule is CCOc1cc(CN2CCc3sccc3[C@H]2CC)ccc1OCC(N)=O. The Balaban J connectivity index is 1.77. The summed E-state index contributed by atoms with van der Waals surface area (Å²) in [5.41, 5.74) is 7.83. The molecule has 1 aromatic heterocycles. The van der Waals surface area contributed by atoms with Gasteiger partial charge < -0.3 is 15.2 Å². The van der Waals surface area contributed by atoms with E-state index in [1.54, 1.807) is 0 Å².